The van der Waals surface area contributed by atoms with Gasteiger partial charge in [-0.05, 0) is 58.1 Å². The summed E-state index contributed by atoms with van der Waals surface area (Å²) in [6.07, 6.45) is 0. The van der Waals surface area contributed by atoms with Crippen molar-refractivity contribution in [1.29, 1.82) is 0 Å². The van der Waals surface area contributed by atoms with E-state index in [2.05, 4.69) is 10.7 Å². The van der Waals surface area contributed by atoms with Gasteiger partial charge in [-0.1, -0.05) is 6.07 Å². The van der Waals surface area contributed by atoms with E-state index in [0.717, 1.165) is 16.2 Å². The van der Waals surface area contributed by atoms with Crippen LogP contribution in [-0.2, 0) is 0 Å². The van der Waals surface area contributed by atoms with Crippen molar-refractivity contribution in [3.05, 3.63) is 74.6 Å². The Balaban J connectivity index is 1.82. The van der Waals surface area contributed by atoms with Crippen molar-refractivity contribution in [2.45, 2.75) is 6.04 Å². The number of rotatable bonds is 5. The topological polar surface area (TPSA) is 38.3 Å². The van der Waals surface area contributed by atoms with Gasteiger partial charge in [-0.3, -0.25) is 4.79 Å². The summed E-state index contributed by atoms with van der Waals surface area (Å²) in [5.74, 6) is 0.649. The fraction of sp³-hybridized carbons (Fsp3) is 0.118. The summed E-state index contributed by atoms with van der Waals surface area (Å²) in [6.45, 7) is 0. The molecule has 2 aromatic heterocycles. The van der Waals surface area contributed by atoms with Crippen LogP contribution in [0.25, 0.3) is 0 Å². The third-order valence-electron chi connectivity index (χ3n) is 3.33. The van der Waals surface area contributed by atoms with E-state index in [1.54, 1.807) is 54.0 Å². The number of benzene rings is 1. The van der Waals surface area contributed by atoms with Gasteiger partial charge in [0.1, 0.15) is 5.75 Å². The quantitative estimate of drug-likeness (QED) is 0.756. The summed E-state index contributed by atoms with van der Waals surface area (Å²) < 4.78 is 5.12. The van der Waals surface area contributed by atoms with Gasteiger partial charge in [0.15, 0.2) is 0 Å². The summed E-state index contributed by atoms with van der Waals surface area (Å²) in [4.78, 5) is 13.6. The number of amides is 1. The van der Waals surface area contributed by atoms with Gasteiger partial charge in [0.25, 0.3) is 5.91 Å². The molecule has 0 fully saturated rings. The molecule has 0 aliphatic carbocycles. The summed E-state index contributed by atoms with van der Waals surface area (Å²) in [6, 6.07) is 13.1. The van der Waals surface area contributed by atoms with Crippen LogP contribution in [0.2, 0.25) is 0 Å². The molecule has 0 aliphatic heterocycles. The number of hydrogen-bond donors (Lipinski definition) is 1. The zero-order valence-electron chi connectivity index (χ0n) is 12.0. The molecule has 0 radical (unpaired) electrons. The Morgan fingerprint density at radius 1 is 1.14 bits per heavy atom. The first-order chi connectivity index (χ1) is 10.8. The van der Waals surface area contributed by atoms with Crippen LogP contribution < -0.4 is 10.1 Å². The van der Waals surface area contributed by atoms with Crippen molar-refractivity contribution >= 4 is 28.6 Å². The van der Waals surface area contributed by atoms with E-state index in [-0.39, 0.29) is 11.9 Å². The van der Waals surface area contributed by atoms with E-state index in [1.165, 1.54) is 0 Å². The lowest BCUT2D eigenvalue weighted by Crippen LogP contribution is -2.28. The molecule has 112 valence electrons. The van der Waals surface area contributed by atoms with E-state index < -0.39 is 0 Å². The van der Waals surface area contributed by atoms with E-state index in [9.17, 15) is 4.79 Å². The summed E-state index contributed by atoms with van der Waals surface area (Å²) in [5, 5.41) is 9.23. The number of carbonyl (C=O) groups excluding carboxylic acids is 1. The minimum atomic E-state index is -0.110. The second-order valence-electron chi connectivity index (χ2n) is 4.71. The maximum atomic E-state index is 12.5. The minimum Gasteiger partial charge on any atom is -0.497 e. The zero-order chi connectivity index (χ0) is 15.4. The van der Waals surface area contributed by atoms with Crippen molar-refractivity contribution in [2.75, 3.05) is 7.11 Å². The number of methoxy groups -OCH3 is 1. The molecule has 1 aromatic carbocycles. The van der Waals surface area contributed by atoms with Crippen LogP contribution in [0.15, 0.2) is 58.6 Å². The van der Waals surface area contributed by atoms with Gasteiger partial charge in [-0.15, -0.1) is 11.3 Å². The van der Waals surface area contributed by atoms with Crippen LogP contribution in [-0.4, -0.2) is 13.0 Å². The average Bonchev–Trinajstić information content (AvgIpc) is 3.26. The fourth-order valence-electron chi connectivity index (χ4n) is 2.17. The van der Waals surface area contributed by atoms with Crippen molar-refractivity contribution in [3.8, 4) is 5.75 Å². The van der Waals surface area contributed by atoms with Gasteiger partial charge in [-0.25, -0.2) is 0 Å². The molecular formula is C17H15NO2S2. The molecule has 1 atom stereocenters. The molecule has 22 heavy (non-hydrogen) atoms. The largest absolute Gasteiger partial charge is 0.497 e. The summed E-state index contributed by atoms with van der Waals surface area (Å²) in [5.41, 5.74) is 1.73. The summed E-state index contributed by atoms with van der Waals surface area (Å²) >= 11 is 3.27. The van der Waals surface area contributed by atoms with Gasteiger partial charge >= 0.3 is 0 Å². The van der Waals surface area contributed by atoms with Crippen LogP contribution in [0.1, 0.15) is 26.8 Å². The van der Waals surface area contributed by atoms with Crippen LogP contribution in [0.3, 0.4) is 0 Å². The lowest BCUT2D eigenvalue weighted by Gasteiger charge is -2.16. The minimum absolute atomic E-state index is 0.0905. The van der Waals surface area contributed by atoms with Gasteiger partial charge in [0.2, 0.25) is 0 Å². The summed E-state index contributed by atoms with van der Waals surface area (Å²) in [7, 11) is 1.61. The number of hydrogen-bond acceptors (Lipinski definition) is 4. The Bertz CT molecular complexity index is 684. The van der Waals surface area contributed by atoms with Gasteiger partial charge in [-0.2, -0.15) is 11.3 Å². The van der Waals surface area contributed by atoms with Crippen molar-refractivity contribution in [1.82, 2.24) is 5.32 Å². The Kier molecular flexibility index (Phi) is 4.56. The Hall–Kier alpha value is -2.11. The molecule has 0 saturated carbocycles. The van der Waals surface area contributed by atoms with Gasteiger partial charge in [0, 0.05) is 10.4 Å². The Labute approximate surface area is 137 Å². The molecule has 0 bridgehead atoms. The molecule has 2 heterocycles. The average molecular weight is 329 g/mol. The van der Waals surface area contributed by atoms with Crippen molar-refractivity contribution < 1.29 is 9.53 Å². The number of ether oxygens (including phenoxy) is 1. The fourth-order valence-corrected chi connectivity index (χ4v) is 3.66. The van der Waals surface area contributed by atoms with Crippen LogP contribution in [0.4, 0.5) is 0 Å². The van der Waals surface area contributed by atoms with E-state index in [1.807, 2.05) is 29.0 Å². The molecule has 5 heteroatoms. The first-order valence-electron chi connectivity index (χ1n) is 6.78. The number of carbonyl (C=O) groups is 1. The highest BCUT2D eigenvalue weighted by Crippen LogP contribution is 2.28. The third kappa shape index (κ3) is 3.21. The number of nitrogens with one attached hydrogen (secondary N) is 1. The molecule has 3 rings (SSSR count). The number of thiophene rings is 2. The standard InChI is InChI=1S/C17H15NO2S2/c1-20-14-6-4-12(5-7-14)17(19)18-16(13-8-10-21-11-13)15-3-2-9-22-15/h2-11,16H,1H3,(H,18,19)/t16-/m0/s1. The van der Waals surface area contributed by atoms with Crippen molar-refractivity contribution in [2.24, 2.45) is 0 Å². The lowest BCUT2D eigenvalue weighted by atomic mass is 10.1. The molecule has 0 spiro atoms. The maximum absolute atomic E-state index is 12.5. The molecule has 3 nitrogen and oxygen atoms in total. The molecule has 0 aliphatic rings. The zero-order valence-corrected chi connectivity index (χ0v) is 13.6. The second kappa shape index (κ2) is 6.77. The van der Waals surface area contributed by atoms with E-state index >= 15 is 0 Å². The molecule has 3 aromatic rings. The van der Waals surface area contributed by atoms with E-state index in [4.69, 9.17) is 4.74 Å². The first-order valence-corrected chi connectivity index (χ1v) is 8.60. The molecule has 1 amide bonds. The Morgan fingerprint density at radius 2 is 1.95 bits per heavy atom. The van der Waals surface area contributed by atoms with Crippen LogP contribution in [0, 0.1) is 0 Å². The second-order valence-corrected chi connectivity index (χ2v) is 6.47. The highest BCUT2D eigenvalue weighted by Gasteiger charge is 2.19. The monoisotopic (exact) mass is 329 g/mol. The third-order valence-corrected chi connectivity index (χ3v) is 4.97. The predicted octanol–water partition coefficient (Wildman–Crippen LogP) is 4.34. The van der Waals surface area contributed by atoms with Gasteiger partial charge < -0.3 is 10.1 Å². The molecule has 1 N–H and O–H groups in total. The highest BCUT2D eigenvalue weighted by molar-refractivity contribution is 7.10. The first kappa shape index (κ1) is 14.8. The highest BCUT2D eigenvalue weighted by atomic mass is 32.1. The Morgan fingerprint density at radius 3 is 2.55 bits per heavy atom. The smallest absolute Gasteiger partial charge is 0.252 e. The predicted molar refractivity (Wildman–Crippen MR) is 90.9 cm³/mol. The van der Waals surface area contributed by atoms with Crippen LogP contribution in [0.5, 0.6) is 5.75 Å². The molecule has 0 unspecified atom stereocenters. The SMILES string of the molecule is COc1ccc(C(=O)N[C@@H](c2ccsc2)c2cccs2)cc1. The lowest BCUT2D eigenvalue weighted by molar-refractivity contribution is 0.0943. The van der Waals surface area contributed by atoms with Crippen LogP contribution >= 0.6 is 22.7 Å². The maximum Gasteiger partial charge on any atom is 0.252 e. The molecular weight excluding hydrogens is 314 g/mol. The normalized spacial score (nSPS) is 11.9. The van der Waals surface area contributed by atoms with Crippen molar-refractivity contribution in [3.63, 3.8) is 0 Å². The van der Waals surface area contributed by atoms with E-state index in [0.29, 0.717) is 5.56 Å². The molecule has 0 saturated heterocycles. The van der Waals surface area contributed by atoms with Gasteiger partial charge in [0.05, 0.1) is 13.2 Å².